The maximum absolute atomic E-state index is 10.8. The fraction of sp³-hybridized carbons (Fsp3) is 0.381. The molecule has 0 spiro atoms. The number of aliphatic carboxylic acids is 1. The summed E-state index contributed by atoms with van der Waals surface area (Å²) in [6.45, 7) is 3.21. The van der Waals surface area contributed by atoms with Gasteiger partial charge in [0.2, 0.25) is 0 Å². The first-order valence-electron chi connectivity index (χ1n) is 9.09. The van der Waals surface area contributed by atoms with Gasteiger partial charge in [0.1, 0.15) is 6.61 Å². The fourth-order valence-corrected chi connectivity index (χ4v) is 3.75. The molecule has 26 heavy (non-hydrogen) atoms. The summed E-state index contributed by atoms with van der Waals surface area (Å²) in [5.74, 6) is 1.16. The van der Waals surface area contributed by atoms with Crippen LogP contribution in [0.15, 0.2) is 48.5 Å². The van der Waals surface area contributed by atoms with E-state index in [1.807, 2.05) is 24.3 Å². The Morgan fingerprint density at radius 2 is 1.88 bits per heavy atom. The molecule has 0 unspecified atom stereocenters. The first-order chi connectivity index (χ1) is 12.7. The van der Waals surface area contributed by atoms with Gasteiger partial charge in [0, 0.05) is 19.5 Å². The number of hydrogen-bond acceptors (Lipinski definition) is 4. The van der Waals surface area contributed by atoms with Crippen LogP contribution in [0, 0.1) is 5.92 Å². The molecular formula is C21H23NO4. The molecule has 0 amide bonds. The highest BCUT2D eigenvalue weighted by molar-refractivity contribution is 5.67. The van der Waals surface area contributed by atoms with Crippen LogP contribution in [-0.4, -0.2) is 35.7 Å². The van der Waals surface area contributed by atoms with E-state index >= 15 is 0 Å². The summed E-state index contributed by atoms with van der Waals surface area (Å²) >= 11 is 0. The quantitative estimate of drug-likeness (QED) is 0.892. The Hall–Kier alpha value is -2.53. The predicted octanol–water partition coefficient (Wildman–Crippen LogP) is 3.50. The van der Waals surface area contributed by atoms with Gasteiger partial charge in [-0.05, 0) is 42.1 Å². The molecule has 5 heteroatoms. The van der Waals surface area contributed by atoms with Crippen LogP contribution in [0.25, 0.3) is 0 Å². The number of nitrogens with zero attached hydrogens (tertiary/aromatic N) is 1. The molecular weight excluding hydrogens is 330 g/mol. The summed E-state index contributed by atoms with van der Waals surface area (Å²) in [5, 5.41) is 8.92. The fourth-order valence-electron chi connectivity index (χ4n) is 3.75. The van der Waals surface area contributed by atoms with E-state index in [4.69, 9.17) is 14.6 Å². The number of fused-ring (bicyclic) bond motifs is 1. The van der Waals surface area contributed by atoms with Gasteiger partial charge in [-0.1, -0.05) is 36.4 Å². The second kappa shape index (κ2) is 7.38. The van der Waals surface area contributed by atoms with Gasteiger partial charge in [-0.3, -0.25) is 9.69 Å². The van der Waals surface area contributed by atoms with E-state index in [1.165, 1.54) is 5.56 Å². The lowest BCUT2D eigenvalue weighted by Gasteiger charge is -2.27. The lowest BCUT2D eigenvalue weighted by Crippen LogP contribution is -2.22. The summed E-state index contributed by atoms with van der Waals surface area (Å²) in [4.78, 5) is 13.2. The average Bonchev–Trinajstić information content (AvgIpc) is 3.08. The number of hydrogen-bond donors (Lipinski definition) is 1. The number of carboxylic acid groups (broad SMARTS) is 1. The topological polar surface area (TPSA) is 59.0 Å². The molecule has 1 fully saturated rings. The Kier molecular flexibility index (Phi) is 4.80. The van der Waals surface area contributed by atoms with E-state index in [9.17, 15) is 4.79 Å². The number of para-hydroxylation sites is 2. The smallest absolute Gasteiger partial charge is 0.303 e. The van der Waals surface area contributed by atoms with Crippen LogP contribution in [0.3, 0.4) is 0 Å². The van der Waals surface area contributed by atoms with E-state index in [2.05, 4.69) is 29.2 Å². The van der Waals surface area contributed by atoms with Crippen molar-refractivity contribution in [2.24, 2.45) is 5.92 Å². The lowest BCUT2D eigenvalue weighted by atomic mass is 10.1. The highest BCUT2D eigenvalue weighted by Gasteiger charge is 2.25. The molecule has 5 nitrogen and oxygen atoms in total. The molecule has 0 aromatic heterocycles. The summed E-state index contributed by atoms with van der Waals surface area (Å²) in [5.41, 5.74) is 2.34. The minimum Gasteiger partial charge on any atom is -0.485 e. The zero-order chi connectivity index (χ0) is 17.9. The second-order valence-electron chi connectivity index (χ2n) is 7.09. The third-order valence-corrected chi connectivity index (χ3v) is 5.10. The SMILES string of the molecule is O=C(O)C[C@H]1CCN(Cc2ccc([C@H]3COc4ccccc4O3)cc2)C1. The molecule has 2 aliphatic rings. The van der Waals surface area contributed by atoms with E-state index in [0.717, 1.165) is 43.1 Å². The van der Waals surface area contributed by atoms with Crippen LogP contribution >= 0.6 is 0 Å². The molecule has 0 bridgehead atoms. The van der Waals surface area contributed by atoms with Gasteiger partial charge >= 0.3 is 5.97 Å². The second-order valence-corrected chi connectivity index (χ2v) is 7.09. The van der Waals surface area contributed by atoms with E-state index < -0.39 is 5.97 Å². The molecule has 0 radical (unpaired) electrons. The zero-order valence-corrected chi connectivity index (χ0v) is 14.6. The number of carbonyl (C=O) groups is 1. The van der Waals surface area contributed by atoms with Crippen molar-refractivity contribution in [2.45, 2.75) is 25.5 Å². The van der Waals surface area contributed by atoms with Crippen molar-refractivity contribution in [2.75, 3.05) is 19.7 Å². The van der Waals surface area contributed by atoms with Crippen molar-refractivity contribution in [3.05, 3.63) is 59.7 Å². The van der Waals surface area contributed by atoms with Crippen LogP contribution in [-0.2, 0) is 11.3 Å². The van der Waals surface area contributed by atoms with Crippen molar-refractivity contribution >= 4 is 5.97 Å². The third kappa shape index (κ3) is 3.83. The van der Waals surface area contributed by atoms with Gasteiger partial charge in [0.05, 0.1) is 0 Å². The lowest BCUT2D eigenvalue weighted by molar-refractivity contribution is -0.138. The predicted molar refractivity (Wildman–Crippen MR) is 97.4 cm³/mol. The third-order valence-electron chi connectivity index (χ3n) is 5.10. The Morgan fingerprint density at radius 1 is 1.12 bits per heavy atom. The summed E-state index contributed by atoms with van der Waals surface area (Å²) < 4.78 is 11.8. The Bertz CT molecular complexity index is 774. The minimum atomic E-state index is -0.697. The van der Waals surface area contributed by atoms with E-state index in [-0.39, 0.29) is 18.4 Å². The largest absolute Gasteiger partial charge is 0.485 e. The molecule has 2 heterocycles. The first kappa shape index (κ1) is 16.9. The van der Waals surface area contributed by atoms with Gasteiger partial charge in [0.25, 0.3) is 0 Å². The molecule has 2 atom stereocenters. The first-order valence-corrected chi connectivity index (χ1v) is 9.09. The summed E-state index contributed by atoms with van der Waals surface area (Å²) in [6, 6.07) is 16.2. The van der Waals surface area contributed by atoms with Crippen molar-refractivity contribution in [1.82, 2.24) is 4.90 Å². The monoisotopic (exact) mass is 353 g/mol. The Labute approximate surface area is 153 Å². The molecule has 1 saturated heterocycles. The van der Waals surface area contributed by atoms with E-state index in [0.29, 0.717) is 6.61 Å². The van der Waals surface area contributed by atoms with Gasteiger partial charge in [0.15, 0.2) is 17.6 Å². The minimum absolute atomic E-state index is 0.0920. The van der Waals surface area contributed by atoms with Crippen molar-refractivity contribution < 1.29 is 19.4 Å². The maximum atomic E-state index is 10.8. The summed E-state index contributed by atoms with van der Waals surface area (Å²) in [7, 11) is 0. The van der Waals surface area contributed by atoms with Crippen LogP contribution in [0.1, 0.15) is 30.1 Å². The van der Waals surface area contributed by atoms with Gasteiger partial charge < -0.3 is 14.6 Å². The Morgan fingerprint density at radius 3 is 2.65 bits per heavy atom. The summed E-state index contributed by atoms with van der Waals surface area (Å²) in [6.07, 6.45) is 1.15. The van der Waals surface area contributed by atoms with E-state index in [1.54, 1.807) is 0 Å². The molecule has 0 saturated carbocycles. The molecule has 1 N–H and O–H groups in total. The standard InChI is InChI=1S/C21H23NO4/c23-21(24)11-16-9-10-22(13-16)12-15-5-7-17(8-6-15)20-14-25-18-3-1-2-4-19(18)26-20/h1-8,16,20H,9-14H2,(H,23,24)/t16-,20-/m1/s1. The highest BCUT2D eigenvalue weighted by atomic mass is 16.6. The zero-order valence-electron chi connectivity index (χ0n) is 14.6. The molecule has 2 aromatic rings. The Balaban J connectivity index is 1.35. The molecule has 2 aromatic carbocycles. The van der Waals surface area contributed by atoms with Gasteiger partial charge in [-0.25, -0.2) is 0 Å². The van der Waals surface area contributed by atoms with Crippen molar-refractivity contribution in [1.29, 1.82) is 0 Å². The average molecular weight is 353 g/mol. The number of carboxylic acids is 1. The van der Waals surface area contributed by atoms with Crippen LogP contribution in [0.5, 0.6) is 11.5 Å². The maximum Gasteiger partial charge on any atom is 0.303 e. The van der Waals surface area contributed by atoms with Crippen LogP contribution in [0.4, 0.5) is 0 Å². The molecule has 0 aliphatic carbocycles. The normalized spacial score (nSPS) is 22.3. The number of rotatable bonds is 5. The van der Waals surface area contributed by atoms with Gasteiger partial charge in [-0.15, -0.1) is 0 Å². The molecule has 2 aliphatic heterocycles. The van der Waals surface area contributed by atoms with Crippen LogP contribution < -0.4 is 9.47 Å². The van der Waals surface area contributed by atoms with Crippen LogP contribution in [0.2, 0.25) is 0 Å². The number of benzene rings is 2. The highest BCUT2D eigenvalue weighted by Crippen LogP contribution is 2.35. The number of ether oxygens (including phenoxy) is 2. The number of likely N-dealkylation sites (tertiary alicyclic amines) is 1. The van der Waals surface area contributed by atoms with Crippen molar-refractivity contribution in [3.8, 4) is 11.5 Å². The molecule has 4 rings (SSSR count). The molecule has 136 valence electrons. The van der Waals surface area contributed by atoms with Crippen molar-refractivity contribution in [3.63, 3.8) is 0 Å². The van der Waals surface area contributed by atoms with Gasteiger partial charge in [-0.2, -0.15) is 0 Å².